The third-order valence-electron chi connectivity index (χ3n) is 2.29. The highest BCUT2D eigenvalue weighted by Crippen LogP contribution is 2.13. The van der Waals surface area contributed by atoms with Crippen LogP contribution in [0.5, 0.6) is 0 Å². The van der Waals surface area contributed by atoms with E-state index in [2.05, 4.69) is 9.97 Å². The molecule has 0 radical (unpaired) electrons. The van der Waals surface area contributed by atoms with Gasteiger partial charge in [-0.05, 0) is 20.1 Å². The molecule has 7 heteroatoms. The number of thioether (sulfide) groups is 1. The molecular formula is C11H19N3O3S. The van der Waals surface area contributed by atoms with Crippen LogP contribution in [0.2, 0.25) is 0 Å². The van der Waals surface area contributed by atoms with Crippen LogP contribution in [-0.2, 0) is 15.9 Å². The zero-order valence-electron chi connectivity index (χ0n) is 10.9. The van der Waals surface area contributed by atoms with E-state index in [-0.39, 0.29) is 11.4 Å². The maximum atomic E-state index is 11.9. The minimum absolute atomic E-state index is 0.229. The van der Waals surface area contributed by atoms with Crippen molar-refractivity contribution in [3.05, 3.63) is 15.9 Å². The number of anilines is 1. The van der Waals surface area contributed by atoms with Gasteiger partial charge in [-0.2, -0.15) is 0 Å². The summed E-state index contributed by atoms with van der Waals surface area (Å²) < 4.78 is 10.8. The fourth-order valence-corrected chi connectivity index (χ4v) is 1.88. The van der Waals surface area contributed by atoms with E-state index in [0.717, 1.165) is 0 Å². The molecule has 0 aliphatic heterocycles. The lowest BCUT2D eigenvalue weighted by atomic mass is 10.2. The molecule has 0 aliphatic carbocycles. The van der Waals surface area contributed by atoms with E-state index in [1.165, 1.54) is 11.8 Å². The molecule has 0 aromatic carbocycles. The molecule has 0 saturated carbocycles. The molecule has 1 rings (SSSR count). The zero-order chi connectivity index (χ0) is 13.5. The number of hydrogen-bond acceptors (Lipinski definition) is 6. The summed E-state index contributed by atoms with van der Waals surface area (Å²) >= 11 is 1.34. The first-order valence-electron chi connectivity index (χ1n) is 5.78. The van der Waals surface area contributed by atoms with E-state index in [4.69, 9.17) is 15.2 Å². The molecule has 102 valence electrons. The summed E-state index contributed by atoms with van der Waals surface area (Å²) in [5.74, 6) is 0.229. The van der Waals surface area contributed by atoms with Crippen LogP contribution >= 0.6 is 11.8 Å². The average Bonchev–Trinajstić information content (AvgIpc) is 2.33. The zero-order valence-corrected chi connectivity index (χ0v) is 11.7. The molecule has 0 amide bonds. The first-order valence-corrected chi connectivity index (χ1v) is 7.00. The number of aromatic nitrogens is 2. The summed E-state index contributed by atoms with van der Waals surface area (Å²) in [5, 5.41) is 0.505. The SMILES string of the molecule is CCOC(Cc1c(N)nc(SC)[nH]c1=O)OCC. The minimum atomic E-state index is -0.467. The Morgan fingerprint density at radius 3 is 2.44 bits per heavy atom. The van der Waals surface area contributed by atoms with Crippen LogP contribution in [0.25, 0.3) is 0 Å². The monoisotopic (exact) mass is 273 g/mol. The van der Waals surface area contributed by atoms with Crippen LogP contribution in [0, 0.1) is 0 Å². The van der Waals surface area contributed by atoms with Crippen LogP contribution in [0.1, 0.15) is 19.4 Å². The Balaban J connectivity index is 2.91. The normalized spacial score (nSPS) is 11.1. The second-order valence-electron chi connectivity index (χ2n) is 3.48. The first-order chi connectivity index (χ1) is 8.62. The molecule has 0 unspecified atom stereocenters. The van der Waals surface area contributed by atoms with Gasteiger partial charge in [0.15, 0.2) is 11.4 Å². The van der Waals surface area contributed by atoms with Crippen LogP contribution < -0.4 is 11.3 Å². The van der Waals surface area contributed by atoms with Gasteiger partial charge in [-0.15, -0.1) is 0 Å². The van der Waals surface area contributed by atoms with Gasteiger partial charge in [-0.25, -0.2) is 4.98 Å². The number of aromatic amines is 1. The van der Waals surface area contributed by atoms with Crippen LogP contribution in [0.15, 0.2) is 9.95 Å². The van der Waals surface area contributed by atoms with Gasteiger partial charge in [-0.1, -0.05) is 11.8 Å². The van der Waals surface area contributed by atoms with Gasteiger partial charge in [0.25, 0.3) is 5.56 Å². The van der Waals surface area contributed by atoms with E-state index in [1.807, 2.05) is 20.1 Å². The number of hydrogen-bond donors (Lipinski definition) is 2. The van der Waals surface area contributed by atoms with Crippen LogP contribution in [0.3, 0.4) is 0 Å². The van der Waals surface area contributed by atoms with Crippen molar-refractivity contribution in [2.45, 2.75) is 31.7 Å². The summed E-state index contributed by atoms with van der Waals surface area (Å²) in [4.78, 5) is 18.6. The largest absolute Gasteiger partial charge is 0.383 e. The highest BCUT2D eigenvalue weighted by Gasteiger charge is 2.16. The molecule has 0 saturated heterocycles. The number of nitrogens with two attached hydrogens (primary N) is 1. The molecule has 0 fully saturated rings. The van der Waals surface area contributed by atoms with Gasteiger partial charge >= 0.3 is 0 Å². The quantitative estimate of drug-likeness (QED) is 0.438. The molecule has 1 aromatic rings. The molecule has 0 spiro atoms. The first kappa shape index (κ1) is 15.0. The molecule has 0 bridgehead atoms. The minimum Gasteiger partial charge on any atom is -0.383 e. The van der Waals surface area contributed by atoms with Gasteiger partial charge in [0, 0.05) is 19.6 Å². The number of nitrogens with one attached hydrogen (secondary N) is 1. The maximum absolute atomic E-state index is 11.9. The number of H-pyrrole nitrogens is 1. The molecule has 3 N–H and O–H groups in total. The number of nitrogens with zero attached hydrogens (tertiary/aromatic N) is 1. The third-order valence-corrected chi connectivity index (χ3v) is 2.88. The van der Waals surface area contributed by atoms with Crippen molar-refractivity contribution in [2.75, 3.05) is 25.2 Å². The van der Waals surface area contributed by atoms with Crippen molar-refractivity contribution in [3.63, 3.8) is 0 Å². The molecule has 18 heavy (non-hydrogen) atoms. The standard InChI is InChI=1S/C11H19N3O3S/c1-4-16-8(17-5-2)6-7-9(12)13-11(18-3)14-10(7)15/h8H,4-6H2,1-3H3,(H3,12,13,14,15). The lowest BCUT2D eigenvalue weighted by Gasteiger charge is -2.17. The summed E-state index contributed by atoms with van der Waals surface area (Å²) in [6.45, 7) is 4.76. The Labute approximate surface area is 110 Å². The Morgan fingerprint density at radius 1 is 1.39 bits per heavy atom. The molecule has 6 nitrogen and oxygen atoms in total. The molecule has 0 atom stereocenters. The van der Waals surface area contributed by atoms with Crippen molar-refractivity contribution >= 4 is 17.6 Å². The van der Waals surface area contributed by atoms with Crippen molar-refractivity contribution in [1.29, 1.82) is 0 Å². The molecule has 1 aromatic heterocycles. The Bertz CT molecular complexity index is 430. The molecule has 0 aliphatic rings. The van der Waals surface area contributed by atoms with Crippen molar-refractivity contribution in [1.82, 2.24) is 9.97 Å². The number of rotatable bonds is 7. The predicted octanol–water partition coefficient (Wildman–Crippen LogP) is 1.02. The summed E-state index contributed by atoms with van der Waals surface area (Å²) in [6.07, 6.45) is 1.65. The van der Waals surface area contributed by atoms with E-state index in [1.54, 1.807) is 0 Å². The maximum Gasteiger partial charge on any atom is 0.257 e. The average molecular weight is 273 g/mol. The van der Waals surface area contributed by atoms with Crippen LogP contribution in [0.4, 0.5) is 5.82 Å². The smallest absolute Gasteiger partial charge is 0.257 e. The van der Waals surface area contributed by atoms with E-state index in [9.17, 15) is 4.79 Å². The van der Waals surface area contributed by atoms with Crippen molar-refractivity contribution in [3.8, 4) is 0 Å². The highest BCUT2D eigenvalue weighted by molar-refractivity contribution is 7.98. The second kappa shape index (κ2) is 7.40. The number of nitrogen functional groups attached to an aromatic ring is 1. The topological polar surface area (TPSA) is 90.2 Å². The van der Waals surface area contributed by atoms with Gasteiger partial charge in [-0.3, -0.25) is 4.79 Å². The van der Waals surface area contributed by atoms with E-state index in [0.29, 0.717) is 30.4 Å². The summed E-state index contributed by atoms with van der Waals surface area (Å²) in [7, 11) is 0. The fourth-order valence-electron chi connectivity index (χ4n) is 1.49. The van der Waals surface area contributed by atoms with Crippen molar-refractivity contribution in [2.24, 2.45) is 0 Å². The summed E-state index contributed by atoms with van der Waals surface area (Å²) in [5.41, 5.74) is 5.95. The summed E-state index contributed by atoms with van der Waals surface area (Å²) in [6, 6.07) is 0. The Kier molecular flexibility index (Phi) is 6.17. The Hall–Kier alpha value is -1.05. The predicted molar refractivity (Wildman–Crippen MR) is 71.8 cm³/mol. The van der Waals surface area contributed by atoms with Gasteiger partial charge in [0.2, 0.25) is 0 Å². The second-order valence-corrected chi connectivity index (χ2v) is 4.28. The lowest BCUT2D eigenvalue weighted by Crippen LogP contribution is -2.26. The van der Waals surface area contributed by atoms with E-state index < -0.39 is 6.29 Å². The molecular weight excluding hydrogens is 254 g/mol. The number of ether oxygens (including phenoxy) is 2. The van der Waals surface area contributed by atoms with Gasteiger partial charge in [0.05, 0.1) is 5.56 Å². The van der Waals surface area contributed by atoms with E-state index >= 15 is 0 Å². The molecule has 1 heterocycles. The third kappa shape index (κ3) is 4.01. The fraction of sp³-hybridized carbons (Fsp3) is 0.636. The van der Waals surface area contributed by atoms with Gasteiger partial charge < -0.3 is 20.2 Å². The van der Waals surface area contributed by atoms with Crippen LogP contribution in [-0.4, -0.2) is 35.7 Å². The Morgan fingerprint density at radius 2 is 2.00 bits per heavy atom. The van der Waals surface area contributed by atoms with Gasteiger partial charge in [0.1, 0.15) is 5.82 Å². The lowest BCUT2D eigenvalue weighted by molar-refractivity contribution is -0.134. The highest BCUT2D eigenvalue weighted by atomic mass is 32.2. The van der Waals surface area contributed by atoms with Crippen molar-refractivity contribution < 1.29 is 9.47 Å².